The fourth-order valence-corrected chi connectivity index (χ4v) is 1.49. The fraction of sp³-hybridized carbons (Fsp3) is 0.800. The number of rotatable bonds is 7. The van der Waals surface area contributed by atoms with Crippen molar-refractivity contribution in [2.75, 3.05) is 26.7 Å². The van der Waals surface area contributed by atoms with E-state index in [0.717, 1.165) is 32.5 Å². The summed E-state index contributed by atoms with van der Waals surface area (Å²) < 4.78 is 5.19. The second-order valence-corrected chi connectivity index (χ2v) is 3.47. The Morgan fingerprint density at radius 3 is 2.85 bits per heavy atom. The number of methoxy groups -OCH3 is 1. The van der Waals surface area contributed by atoms with Crippen molar-refractivity contribution in [2.24, 2.45) is 0 Å². The lowest BCUT2D eigenvalue weighted by molar-refractivity contribution is 0.0177. The SMILES string of the molecule is C=CCNCCNC1CC(OC)C1. The van der Waals surface area contributed by atoms with Gasteiger partial charge in [-0.2, -0.15) is 0 Å². The lowest BCUT2D eigenvalue weighted by Crippen LogP contribution is -2.46. The number of hydrogen-bond acceptors (Lipinski definition) is 3. The first-order valence-corrected chi connectivity index (χ1v) is 4.94. The Morgan fingerprint density at radius 2 is 2.23 bits per heavy atom. The summed E-state index contributed by atoms with van der Waals surface area (Å²) in [5.74, 6) is 0. The Morgan fingerprint density at radius 1 is 1.46 bits per heavy atom. The summed E-state index contributed by atoms with van der Waals surface area (Å²) in [5.41, 5.74) is 0. The lowest BCUT2D eigenvalue weighted by Gasteiger charge is -2.34. The molecule has 1 rings (SSSR count). The van der Waals surface area contributed by atoms with Gasteiger partial charge in [0.15, 0.2) is 0 Å². The molecule has 0 atom stereocenters. The molecule has 1 fully saturated rings. The van der Waals surface area contributed by atoms with Crippen LogP contribution in [0.4, 0.5) is 0 Å². The summed E-state index contributed by atoms with van der Waals surface area (Å²) in [7, 11) is 1.78. The van der Waals surface area contributed by atoms with Gasteiger partial charge in [-0.3, -0.25) is 0 Å². The van der Waals surface area contributed by atoms with Crippen molar-refractivity contribution < 1.29 is 4.74 Å². The smallest absolute Gasteiger partial charge is 0.0601 e. The highest BCUT2D eigenvalue weighted by molar-refractivity contribution is 4.85. The van der Waals surface area contributed by atoms with Gasteiger partial charge in [0, 0.05) is 32.8 Å². The van der Waals surface area contributed by atoms with Crippen LogP contribution in [0.2, 0.25) is 0 Å². The third-order valence-corrected chi connectivity index (χ3v) is 2.45. The zero-order valence-corrected chi connectivity index (χ0v) is 8.38. The zero-order chi connectivity index (χ0) is 9.52. The number of ether oxygens (including phenoxy) is 1. The summed E-state index contributed by atoms with van der Waals surface area (Å²) in [4.78, 5) is 0. The first kappa shape index (κ1) is 10.7. The number of hydrogen-bond donors (Lipinski definition) is 2. The maximum Gasteiger partial charge on any atom is 0.0601 e. The third kappa shape index (κ3) is 3.89. The lowest BCUT2D eigenvalue weighted by atomic mass is 9.89. The standard InChI is InChI=1S/C10H20N2O/c1-3-4-11-5-6-12-9-7-10(8-9)13-2/h3,9-12H,1,4-8H2,2H3. The van der Waals surface area contributed by atoms with E-state index in [4.69, 9.17) is 4.74 Å². The highest BCUT2D eigenvalue weighted by Crippen LogP contribution is 2.21. The molecule has 0 aromatic rings. The molecule has 1 aliphatic carbocycles. The first-order chi connectivity index (χ1) is 6.36. The topological polar surface area (TPSA) is 33.3 Å². The minimum atomic E-state index is 0.499. The molecule has 1 aliphatic rings. The second kappa shape index (κ2) is 6.13. The van der Waals surface area contributed by atoms with Crippen molar-refractivity contribution in [1.29, 1.82) is 0 Å². The molecule has 0 aromatic carbocycles. The first-order valence-electron chi connectivity index (χ1n) is 4.94. The van der Waals surface area contributed by atoms with Crippen LogP contribution in [0.1, 0.15) is 12.8 Å². The van der Waals surface area contributed by atoms with Gasteiger partial charge in [-0.25, -0.2) is 0 Å². The largest absolute Gasteiger partial charge is 0.381 e. The predicted molar refractivity (Wildman–Crippen MR) is 54.9 cm³/mol. The van der Waals surface area contributed by atoms with Crippen molar-refractivity contribution in [3.05, 3.63) is 12.7 Å². The van der Waals surface area contributed by atoms with Gasteiger partial charge >= 0.3 is 0 Å². The van der Waals surface area contributed by atoms with Crippen LogP contribution in [0.15, 0.2) is 12.7 Å². The van der Waals surface area contributed by atoms with Gasteiger partial charge in [0.05, 0.1) is 6.10 Å². The maximum absolute atomic E-state index is 5.19. The van der Waals surface area contributed by atoms with Gasteiger partial charge in [0.1, 0.15) is 0 Å². The van der Waals surface area contributed by atoms with Crippen molar-refractivity contribution in [1.82, 2.24) is 10.6 Å². The van der Waals surface area contributed by atoms with E-state index in [1.54, 1.807) is 7.11 Å². The van der Waals surface area contributed by atoms with E-state index in [-0.39, 0.29) is 0 Å². The molecule has 0 aromatic heterocycles. The quantitative estimate of drug-likeness (QED) is 0.447. The molecule has 0 amide bonds. The molecular weight excluding hydrogens is 164 g/mol. The predicted octanol–water partition coefficient (Wildman–Crippen LogP) is 0.529. The van der Waals surface area contributed by atoms with Crippen LogP contribution in [-0.4, -0.2) is 38.9 Å². The normalized spacial score (nSPS) is 26.8. The van der Waals surface area contributed by atoms with Crippen LogP contribution >= 0.6 is 0 Å². The molecule has 0 saturated heterocycles. The summed E-state index contributed by atoms with van der Waals surface area (Å²) in [6, 6.07) is 0.676. The van der Waals surface area contributed by atoms with Crippen molar-refractivity contribution >= 4 is 0 Å². The molecule has 1 saturated carbocycles. The molecule has 3 heteroatoms. The summed E-state index contributed by atoms with van der Waals surface area (Å²) in [6.45, 7) is 6.59. The van der Waals surface area contributed by atoms with Crippen LogP contribution in [0, 0.1) is 0 Å². The van der Waals surface area contributed by atoms with Crippen molar-refractivity contribution in [2.45, 2.75) is 25.0 Å². The maximum atomic E-state index is 5.19. The van der Waals surface area contributed by atoms with E-state index >= 15 is 0 Å². The third-order valence-electron chi connectivity index (χ3n) is 2.45. The molecule has 0 spiro atoms. The van der Waals surface area contributed by atoms with Crippen LogP contribution in [0.3, 0.4) is 0 Å². The van der Waals surface area contributed by atoms with Crippen LogP contribution < -0.4 is 10.6 Å². The average molecular weight is 184 g/mol. The van der Waals surface area contributed by atoms with Gasteiger partial charge in [-0.15, -0.1) is 6.58 Å². The molecular formula is C10H20N2O. The molecule has 0 aliphatic heterocycles. The minimum absolute atomic E-state index is 0.499. The van der Waals surface area contributed by atoms with Gasteiger partial charge in [-0.05, 0) is 12.8 Å². The van der Waals surface area contributed by atoms with Crippen molar-refractivity contribution in [3.8, 4) is 0 Å². The van der Waals surface area contributed by atoms with Gasteiger partial charge < -0.3 is 15.4 Å². The molecule has 2 N–H and O–H groups in total. The Hall–Kier alpha value is -0.380. The van der Waals surface area contributed by atoms with Gasteiger partial charge in [0.2, 0.25) is 0 Å². The molecule has 13 heavy (non-hydrogen) atoms. The molecule has 3 nitrogen and oxygen atoms in total. The molecule has 0 unspecified atom stereocenters. The van der Waals surface area contributed by atoms with Gasteiger partial charge in [0.25, 0.3) is 0 Å². The molecule has 0 bridgehead atoms. The molecule has 0 radical (unpaired) electrons. The highest BCUT2D eigenvalue weighted by atomic mass is 16.5. The Balaban J connectivity index is 1.82. The summed E-state index contributed by atoms with van der Waals surface area (Å²) in [6.07, 6.45) is 4.71. The average Bonchev–Trinajstić information content (AvgIpc) is 2.08. The monoisotopic (exact) mass is 184 g/mol. The van der Waals surface area contributed by atoms with E-state index in [0.29, 0.717) is 12.1 Å². The summed E-state index contributed by atoms with van der Waals surface area (Å²) >= 11 is 0. The Bertz CT molecular complexity index is 144. The molecule has 0 heterocycles. The van der Waals surface area contributed by atoms with E-state index in [1.807, 2.05) is 6.08 Å². The fourth-order valence-electron chi connectivity index (χ4n) is 1.49. The number of nitrogens with one attached hydrogen (secondary N) is 2. The van der Waals surface area contributed by atoms with E-state index < -0.39 is 0 Å². The minimum Gasteiger partial charge on any atom is -0.381 e. The van der Waals surface area contributed by atoms with Crippen molar-refractivity contribution in [3.63, 3.8) is 0 Å². The molecule has 76 valence electrons. The summed E-state index contributed by atoms with van der Waals surface area (Å²) in [5, 5.41) is 6.72. The van der Waals surface area contributed by atoms with Crippen LogP contribution in [0.5, 0.6) is 0 Å². The zero-order valence-electron chi connectivity index (χ0n) is 8.38. The highest BCUT2D eigenvalue weighted by Gasteiger charge is 2.27. The van der Waals surface area contributed by atoms with Crippen LogP contribution in [0.25, 0.3) is 0 Å². The Labute approximate surface area is 80.5 Å². The van der Waals surface area contributed by atoms with E-state index in [2.05, 4.69) is 17.2 Å². The van der Waals surface area contributed by atoms with Crippen LogP contribution in [-0.2, 0) is 4.74 Å². The second-order valence-electron chi connectivity index (χ2n) is 3.47. The Kier molecular flexibility index (Phi) is 5.05. The van der Waals surface area contributed by atoms with E-state index in [1.165, 1.54) is 0 Å². The van der Waals surface area contributed by atoms with E-state index in [9.17, 15) is 0 Å². The van der Waals surface area contributed by atoms with Gasteiger partial charge in [-0.1, -0.05) is 6.08 Å².